The largest absolute Gasteiger partial charge is 0.476 e. The molecule has 0 fully saturated rings. The lowest BCUT2D eigenvalue weighted by Gasteiger charge is -2.33. The highest BCUT2D eigenvalue weighted by atomic mass is 32.2. The molecule has 0 spiro atoms. The van der Waals surface area contributed by atoms with Gasteiger partial charge in [0.1, 0.15) is 5.75 Å². The second-order valence-electron chi connectivity index (χ2n) is 6.27. The molecule has 2 aromatic carbocycles. The van der Waals surface area contributed by atoms with E-state index < -0.39 is 22.0 Å². The summed E-state index contributed by atoms with van der Waals surface area (Å²) in [6, 6.07) is 12.1. The van der Waals surface area contributed by atoms with Gasteiger partial charge in [-0.25, -0.2) is 8.42 Å². The number of carbonyl (C=O) groups excluding carboxylic acids is 1. The SMILES string of the molecule is CS(=O)(=O)N1CC(C(=O)NCc2ccc3c(c2)OCO3)Oc2ccccc21. The van der Waals surface area contributed by atoms with Crippen molar-refractivity contribution in [1.29, 1.82) is 0 Å². The monoisotopic (exact) mass is 390 g/mol. The molecule has 0 saturated carbocycles. The first-order chi connectivity index (χ1) is 12.9. The number of amides is 1. The van der Waals surface area contributed by atoms with Gasteiger partial charge in [0.25, 0.3) is 5.91 Å². The van der Waals surface area contributed by atoms with Gasteiger partial charge in [-0.1, -0.05) is 18.2 Å². The third kappa shape index (κ3) is 3.50. The fraction of sp³-hybridized carbons (Fsp3) is 0.278. The molecule has 9 heteroatoms. The number of carbonyl (C=O) groups is 1. The van der Waals surface area contributed by atoms with E-state index in [1.54, 1.807) is 36.4 Å². The predicted molar refractivity (Wildman–Crippen MR) is 97.5 cm³/mol. The number of sulfonamides is 1. The molecule has 2 aliphatic rings. The van der Waals surface area contributed by atoms with Crippen molar-refractivity contribution in [3.63, 3.8) is 0 Å². The van der Waals surface area contributed by atoms with Crippen LogP contribution in [0.5, 0.6) is 17.2 Å². The van der Waals surface area contributed by atoms with Crippen LogP contribution in [0.25, 0.3) is 0 Å². The summed E-state index contributed by atoms with van der Waals surface area (Å²) in [6.45, 7) is 0.362. The van der Waals surface area contributed by atoms with Gasteiger partial charge in [-0.2, -0.15) is 0 Å². The van der Waals surface area contributed by atoms with Gasteiger partial charge >= 0.3 is 0 Å². The van der Waals surface area contributed by atoms with Gasteiger partial charge < -0.3 is 19.5 Å². The Labute approximate surface area is 156 Å². The molecular weight excluding hydrogens is 372 g/mol. The van der Waals surface area contributed by atoms with Crippen molar-refractivity contribution in [2.24, 2.45) is 0 Å². The standard InChI is InChI=1S/C18H18N2O6S/c1-27(22,23)20-10-17(26-14-5-3-2-4-13(14)20)18(21)19-9-12-6-7-15-16(8-12)25-11-24-15/h2-8,17H,9-11H2,1H3,(H,19,21). The van der Waals surface area contributed by atoms with Gasteiger partial charge in [-0.3, -0.25) is 9.10 Å². The second-order valence-corrected chi connectivity index (χ2v) is 8.18. The van der Waals surface area contributed by atoms with Crippen LogP contribution in [0.2, 0.25) is 0 Å². The maximum atomic E-state index is 12.6. The number of benzene rings is 2. The van der Waals surface area contributed by atoms with Crippen LogP contribution in [0.15, 0.2) is 42.5 Å². The van der Waals surface area contributed by atoms with Crippen LogP contribution in [-0.4, -0.2) is 40.0 Å². The van der Waals surface area contributed by atoms with Crippen molar-refractivity contribution in [1.82, 2.24) is 5.32 Å². The highest BCUT2D eigenvalue weighted by Crippen LogP contribution is 2.35. The number of ether oxygens (including phenoxy) is 3. The second kappa shape index (κ2) is 6.66. The van der Waals surface area contributed by atoms with Crippen LogP contribution >= 0.6 is 0 Å². The molecule has 0 aliphatic carbocycles. The summed E-state index contributed by atoms with van der Waals surface area (Å²) in [4.78, 5) is 12.6. The van der Waals surface area contributed by atoms with E-state index in [1.807, 2.05) is 6.07 Å². The first kappa shape index (κ1) is 17.5. The van der Waals surface area contributed by atoms with Crippen molar-refractivity contribution in [3.05, 3.63) is 48.0 Å². The Morgan fingerprint density at radius 2 is 1.93 bits per heavy atom. The summed E-state index contributed by atoms with van der Waals surface area (Å²) in [6.07, 6.45) is 0.167. The number of nitrogens with zero attached hydrogens (tertiary/aromatic N) is 1. The summed E-state index contributed by atoms with van der Waals surface area (Å²) >= 11 is 0. The van der Waals surface area contributed by atoms with E-state index in [1.165, 1.54) is 4.31 Å². The number of nitrogens with one attached hydrogen (secondary N) is 1. The predicted octanol–water partition coefficient (Wildman–Crippen LogP) is 1.26. The quantitative estimate of drug-likeness (QED) is 0.845. The zero-order chi connectivity index (χ0) is 19.0. The molecule has 142 valence electrons. The minimum absolute atomic E-state index is 0.0805. The Bertz CT molecular complexity index is 991. The first-order valence-corrected chi connectivity index (χ1v) is 10.2. The van der Waals surface area contributed by atoms with E-state index in [4.69, 9.17) is 14.2 Å². The van der Waals surface area contributed by atoms with E-state index >= 15 is 0 Å². The highest BCUT2D eigenvalue weighted by molar-refractivity contribution is 7.92. The number of para-hydroxylation sites is 2. The lowest BCUT2D eigenvalue weighted by Crippen LogP contribution is -2.50. The van der Waals surface area contributed by atoms with E-state index in [-0.39, 0.29) is 19.9 Å². The molecule has 0 bridgehead atoms. The Morgan fingerprint density at radius 1 is 1.15 bits per heavy atom. The normalized spacial score (nSPS) is 17.8. The van der Waals surface area contributed by atoms with Crippen molar-refractivity contribution in [3.8, 4) is 17.2 Å². The van der Waals surface area contributed by atoms with Crippen molar-refractivity contribution in [2.45, 2.75) is 12.6 Å². The minimum atomic E-state index is -3.54. The highest BCUT2D eigenvalue weighted by Gasteiger charge is 2.34. The molecule has 8 nitrogen and oxygen atoms in total. The number of rotatable bonds is 4. The molecule has 1 unspecified atom stereocenters. The Morgan fingerprint density at radius 3 is 2.74 bits per heavy atom. The number of hydrogen-bond donors (Lipinski definition) is 1. The third-order valence-electron chi connectivity index (χ3n) is 4.33. The first-order valence-electron chi connectivity index (χ1n) is 8.31. The Balaban J connectivity index is 1.48. The van der Waals surface area contributed by atoms with Crippen molar-refractivity contribution >= 4 is 21.6 Å². The minimum Gasteiger partial charge on any atom is -0.476 e. The van der Waals surface area contributed by atoms with Gasteiger partial charge in [-0.15, -0.1) is 0 Å². The molecule has 1 N–H and O–H groups in total. The van der Waals surface area contributed by atoms with E-state index in [0.29, 0.717) is 22.9 Å². The third-order valence-corrected chi connectivity index (χ3v) is 5.48. The Kier molecular flexibility index (Phi) is 4.31. The molecule has 0 aromatic heterocycles. The smallest absolute Gasteiger partial charge is 0.263 e. The molecule has 1 atom stereocenters. The average Bonchev–Trinajstić information content (AvgIpc) is 3.12. The number of anilines is 1. The van der Waals surface area contributed by atoms with E-state index in [9.17, 15) is 13.2 Å². The van der Waals surface area contributed by atoms with Crippen LogP contribution in [-0.2, 0) is 21.4 Å². The molecule has 2 heterocycles. The van der Waals surface area contributed by atoms with Crippen LogP contribution in [0.1, 0.15) is 5.56 Å². The molecular formula is C18H18N2O6S. The van der Waals surface area contributed by atoms with Gasteiger partial charge in [0.05, 0.1) is 18.5 Å². The summed E-state index contributed by atoms with van der Waals surface area (Å²) in [5.41, 5.74) is 1.27. The zero-order valence-corrected chi connectivity index (χ0v) is 15.4. The topological polar surface area (TPSA) is 94.2 Å². The summed E-state index contributed by atoms with van der Waals surface area (Å²) < 4.78 is 41.7. The average molecular weight is 390 g/mol. The zero-order valence-electron chi connectivity index (χ0n) is 14.5. The van der Waals surface area contributed by atoms with E-state index in [2.05, 4.69) is 5.32 Å². The summed E-state index contributed by atoms with van der Waals surface area (Å²) in [5, 5.41) is 2.78. The molecule has 0 saturated heterocycles. The van der Waals surface area contributed by atoms with Crippen LogP contribution in [0.3, 0.4) is 0 Å². The lowest BCUT2D eigenvalue weighted by atomic mass is 10.2. The van der Waals surface area contributed by atoms with Crippen molar-refractivity contribution < 1.29 is 27.4 Å². The maximum absolute atomic E-state index is 12.6. The van der Waals surface area contributed by atoms with Crippen molar-refractivity contribution in [2.75, 3.05) is 23.9 Å². The van der Waals surface area contributed by atoms with Gasteiger partial charge in [0.2, 0.25) is 16.8 Å². The lowest BCUT2D eigenvalue weighted by molar-refractivity contribution is -0.127. The van der Waals surface area contributed by atoms with E-state index in [0.717, 1.165) is 11.8 Å². The molecule has 2 aliphatic heterocycles. The number of hydrogen-bond acceptors (Lipinski definition) is 6. The van der Waals surface area contributed by atoms with Crippen LogP contribution in [0.4, 0.5) is 5.69 Å². The summed E-state index contributed by atoms with van der Waals surface area (Å²) in [5.74, 6) is 1.27. The van der Waals surface area contributed by atoms with Gasteiger partial charge in [0, 0.05) is 6.54 Å². The molecule has 1 amide bonds. The van der Waals surface area contributed by atoms with Crippen LogP contribution in [0, 0.1) is 0 Å². The fourth-order valence-electron chi connectivity index (χ4n) is 3.01. The fourth-order valence-corrected chi connectivity index (χ4v) is 3.92. The number of fused-ring (bicyclic) bond motifs is 2. The van der Waals surface area contributed by atoms with Crippen LogP contribution < -0.4 is 23.8 Å². The van der Waals surface area contributed by atoms with Gasteiger partial charge in [-0.05, 0) is 29.8 Å². The molecule has 27 heavy (non-hydrogen) atoms. The maximum Gasteiger partial charge on any atom is 0.263 e. The molecule has 0 radical (unpaired) electrons. The Hall–Kier alpha value is -2.94. The van der Waals surface area contributed by atoms with Gasteiger partial charge in [0.15, 0.2) is 17.6 Å². The summed E-state index contributed by atoms with van der Waals surface area (Å²) in [7, 11) is -3.54. The molecule has 4 rings (SSSR count). The molecule has 2 aromatic rings.